The summed E-state index contributed by atoms with van der Waals surface area (Å²) in [5.41, 5.74) is 5.17. The Balaban J connectivity index is 1.43. The van der Waals surface area contributed by atoms with Gasteiger partial charge >= 0.3 is 0 Å². The largest absolute Gasteiger partial charge is 0.341 e. The van der Waals surface area contributed by atoms with Gasteiger partial charge in [-0.1, -0.05) is 30.3 Å². The Morgan fingerprint density at radius 1 is 1.07 bits per heavy atom. The third-order valence-electron chi connectivity index (χ3n) is 5.15. The van der Waals surface area contributed by atoms with Gasteiger partial charge in [0.15, 0.2) is 0 Å². The lowest BCUT2D eigenvalue weighted by Gasteiger charge is -2.17. The minimum absolute atomic E-state index is 0.121. The predicted octanol–water partition coefficient (Wildman–Crippen LogP) is 4.69. The van der Waals surface area contributed by atoms with Gasteiger partial charge in [-0.15, -0.1) is 11.3 Å². The SMILES string of the molecule is Cc1nn(-c2ccccc2)c(C)c1CN(C)C(=O)CCc1nc2ccccc2s1. The minimum Gasteiger partial charge on any atom is -0.341 e. The van der Waals surface area contributed by atoms with E-state index in [0.29, 0.717) is 19.4 Å². The highest BCUT2D eigenvalue weighted by Gasteiger charge is 2.17. The van der Waals surface area contributed by atoms with Crippen molar-refractivity contribution < 1.29 is 4.79 Å². The molecule has 0 spiro atoms. The third kappa shape index (κ3) is 4.07. The van der Waals surface area contributed by atoms with Gasteiger partial charge in [-0.25, -0.2) is 9.67 Å². The third-order valence-corrected chi connectivity index (χ3v) is 6.25. The fraction of sp³-hybridized carbons (Fsp3) is 0.261. The van der Waals surface area contributed by atoms with Gasteiger partial charge in [-0.3, -0.25) is 4.79 Å². The molecule has 0 fully saturated rings. The number of para-hydroxylation sites is 2. The van der Waals surface area contributed by atoms with Crippen molar-refractivity contribution >= 4 is 27.5 Å². The molecule has 5 nitrogen and oxygen atoms in total. The van der Waals surface area contributed by atoms with Crippen LogP contribution in [-0.2, 0) is 17.8 Å². The summed E-state index contributed by atoms with van der Waals surface area (Å²) in [5.74, 6) is 0.121. The quantitative estimate of drug-likeness (QED) is 0.468. The Morgan fingerprint density at radius 3 is 2.55 bits per heavy atom. The number of thiazole rings is 1. The van der Waals surface area contributed by atoms with E-state index in [-0.39, 0.29) is 5.91 Å². The molecule has 0 saturated carbocycles. The predicted molar refractivity (Wildman–Crippen MR) is 117 cm³/mol. The second-order valence-electron chi connectivity index (χ2n) is 7.22. The molecule has 0 saturated heterocycles. The van der Waals surface area contributed by atoms with E-state index in [4.69, 9.17) is 0 Å². The average Bonchev–Trinajstić information content (AvgIpc) is 3.28. The van der Waals surface area contributed by atoms with Gasteiger partial charge in [0.1, 0.15) is 0 Å². The molecule has 0 unspecified atom stereocenters. The summed E-state index contributed by atoms with van der Waals surface area (Å²) < 4.78 is 3.12. The van der Waals surface area contributed by atoms with E-state index in [1.54, 1.807) is 16.2 Å². The van der Waals surface area contributed by atoms with Crippen LogP contribution in [0.5, 0.6) is 0 Å². The molecule has 0 atom stereocenters. The first-order valence-corrected chi connectivity index (χ1v) is 10.5. The van der Waals surface area contributed by atoms with E-state index in [9.17, 15) is 4.79 Å². The van der Waals surface area contributed by atoms with Crippen LogP contribution in [0, 0.1) is 13.8 Å². The van der Waals surface area contributed by atoms with Gasteiger partial charge in [-0.05, 0) is 38.1 Å². The molecule has 0 aliphatic heterocycles. The maximum atomic E-state index is 12.7. The summed E-state index contributed by atoms with van der Waals surface area (Å²) >= 11 is 1.67. The van der Waals surface area contributed by atoms with Crippen LogP contribution in [-0.4, -0.2) is 32.6 Å². The van der Waals surface area contributed by atoms with Gasteiger partial charge in [0.2, 0.25) is 5.91 Å². The zero-order chi connectivity index (χ0) is 20.4. The number of hydrogen-bond donors (Lipinski definition) is 0. The van der Waals surface area contributed by atoms with Crippen LogP contribution in [0.1, 0.15) is 28.4 Å². The van der Waals surface area contributed by atoms with E-state index < -0.39 is 0 Å². The minimum atomic E-state index is 0.121. The zero-order valence-corrected chi connectivity index (χ0v) is 17.7. The van der Waals surface area contributed by atoms with Gasteiger partial charge in [0.25, 0.3) is 0 Å². The summed E-state index contributed by atoms with van der Waals surface area (Å²) in [7, 11) is 1.86. The van der Waals surface area contributed by atoms with Crippen molar-refractivity contribution in [2.24, 2.45) is 0 Å². The van der Waals surface area contributed by atoms with Crippen LogP contribution in [0.3, 0.4) is 0 Å². The van der Waals surface area contributed by atoms with E-state index >= 15 is 0 Å². The van der Waals surface area contributed by atoms with Crippen LogP contribution < -0.4 is 0 Å². The molecule has 29 heavy (non-hydrogen) atoms. The van der Waals surface area contributed by atoms with Crippen LogP contribution in [0.15, 0.2) is 54.6 Å². The number of aromatic nitrogens is 3. The average molecular weight is 405 g/mol. The second-order valence-corrected chi connectivity index (χ2v) is 8.34. The number of amides is 1. The molecule has 0 aliphatic rings. The number of carbonyl (C=O) groups excluding carboxylic acids is 1. The van der Waals surface area contributed by atoms with Gasteiger partial charge in [-0.2, -0.15) is 5.10 Å². The number of fused-ring (bicyclic) bond motifs is 1. The maximum absolute atomic E-state index is 12.7. The van der Waals surface area contributed by atoms with Crippen LogP contribution in [0.2, 0.25) is 0 Å². The highest BCUT2D eigenvalue weighted by molar-refractivity contribution is 7.18. The smallest absolute Gasteiger partial charge is 0.223 e. The van der Waals surface area contributed by atoms with Crippen molar-refractivity contribution in [2.45, 2.75) is 33.2 Å². The summed E-state index contributed by atoms with van der Waals surface area (Å²) in [6.45, 7) is 4.62. The van der Waals surface area contributed by atoms with Crippen molar-refractivity contribution in [2.75, 3.05) is 7.05 Å². The van der Waals surface area contributed by atoms with Gasteiger partial charge in [0, 0.05) is 37.7 Å². The molecule has 4 rings (SSSR count). The normalized spacial score (nSPS) is 11.1. The van der Waals surface area contributed by atoms with E-state index in [1.807, 2.05) is 67.2 Å². The Morgan fingerprint density at radius 2 is 1.79 bits per heavy atom. The Labute approximate surface area is 174 Å². The number of carbonyl (C=O) groups is 1. The lowest BCUT2D eigenvalue weighted by molar-refractivity contribution is -0.130. The molecule has 0 aliphatic carbocycles. The number of hydrogen-bond acceptors (Lipinski definition) is 4. The summed E-state index contributed by atoms with van der Waals surface area (Å²) in [6, 6.07) is 18.2. The molecule has 4 aromatic rings. The lowest BCUT2D eigenvalue weighted by atomic mass is 10.1. The van der Waals surface area contributed by atoms with Crippen LogP contribution >= 0.6 is 11.3 Å². The van der Waals surface area contributed by atoms with Crippen molar-refractivity contribution in [3.8, 4) is 5.69 Å². The molecule has 1 amide bonds. The first kappa shape index (κ1) is 19.3. The second kappa shape index (κ2) is 8.17. The van der Waals surface area contributed by atoms with Crippen LogP contribution in [0.25, 0.3) is 15.9 Å². The van der Waals surface area contributed by atoms with E-state index in [2.05, 4.69) is 23.1 Å². The molecule has 148 valence electrons. The van der Waals surface area contributed by atoms with Crippen molar-refractivity contribution in [3.63, 3.8) is 0 Å². The first-order valence-electron chi connectivity index (χ1n) is 9.72. The van der Waals surface area contributed by atoms with Crippen molar-refractivity contribution in [1.29, 1.82) is 0 Å². The van der Waals surface area contributed by atoms with Crippen molar-refractivity contribution in [3.05, 3.63) is 76.6 Å². The molecule has 0 bridgehead atoms. The molecule has 2 aromatic heterocycles. The maximum Gasteiger partial charge on any atom is 0.223 e. The standard InChI is InChI=1S/C23H24N4OS/c1-16-19(17(2)27(25-16)18-9-5-4-6-10-18)15-26(3)23(28)14-13-22-24-20-11-7-8-12-21(20)29-22/h4-12H,13-15H2,1-3H3. The highest BCUT2D eigenvalue weighted by atomic mass is 32.1. The molecule has 6 heteroatoms. The topological polar surface area (TPSA) is 51.0 Å². The molecule has 0 N–H and O–H groups in total. The van der Waals surface area contributed by atoms with E-state index in [0.717, 1.165) is 33.2 Å². The summed E-state index contributed by atoms with van der Waals surface area (Å²) in [5, 5.41) is 5.69. The highest BCUT2D eigenvalue weighted by Crippen LogP contribution is 2.23. The summed E-state index contributed by atoms with van der Waals surface area (Å²) in [6.07, 6.45) is 1.13. The molecule has 0 radical (unpaired) electrons. The van der Waals surface area contributed by atoms with Crippen molar-refractivity contribution in [1.82, 2.24) is 19.7 Å². The molecule has 2 aromatic carbocycles. The number of benzene rings is 2. The molecular weight excluding hydrogens is 380 g/mol. The van der Waals surface area contributed by atoms with Gasteiger partial charge in [0.05, 0.1) is 26.6 Å². The fourth-order valence-electron chi connectivity index (χ4n) is 3.48. The van der Waals surface area contributed by atoms with Gasteiger partial charge < -0.3 is 4.90 Å². The first-order chi connectivity index (χ1) is 14.0. The van der Waals surface area contributed by atoms with E-state index in [1.165, 1.54) is 4.70 Å². The van der Waals surface area contributed by atoms with Crippen LogP contribution in [0.4, 0.5) is 0 Å². The Bertz CT molecular complexity index is 1110. The fourth-order valence-corrected chi connectivity index (χ4v) is 4.45. The molecular formula is C23H24N4OS. The molecule has 2 heterocycles. The number of aryl methyl sites for hydroxylation is 2. The lowest BCUT2D eigenvalue weighted by Crippen LogP contribution is -2.26. The monoisotopic (exact) mass is 404 g/mol. The summed E-state index contributed by atoms with van der Waals surface area (Å²) in [4.78, 5) is 19.1. The Hall–Kier alpha value is -2.99. The Kier molecular flexibility index (Phi) is 5.45. The zero-order valence-electron chi connectivity index (χ0n) is 16.9. The number of rotatable bonds is 6. The number of nitrogens with zero attached hydrogens (tertiary/aromatic N) is 4.